The topological polar surface area (TPSA) is 95.6 Å². The van der Waals surface area contributed by atoms with Crippen LogP contribution in [0.1, 0.15) is 57.3 Å². The smallest absolute Gasteiger partial charge is 0.226 e. The molecule has 9 heteroatoms. The summed E-state index contributed by atoms with van der Waals surface area (Å²) in [6, 6.07) is 1.93. The number of nitrogens with one attached hydrogen (secondary N) is 2. The first-order chi connectivity index (χ1) is 12.4. The second-order valence-corrected chi connectivity index (χ2v) is 7.49. The predicted molar refractivity (Wildman–Crippen MR) is 120 cm³/mol. The van der Waals surface area contributed by atoms with Crippen LogP contribution in [0.5, 0.6) is 0 Å². The molecule has 1 unspecified atom stereocenters. The minimum absolute atomic E-state index is 0. The van der Waals surface area contributed by atoms with Crippen molar-refractivity contribution in [1.29, 1.82) is 0 Å². The third-order valence-corrected chi connectivity index (χ3v) is 4.58. The summed E-state index contributed by atoms with van der Waals surface area (Å²) in [6.45, 7) is 9.66. The van der Waals surface area contributed by atoms with E-state index in [2.05, 4.69) is 25.8 Å². The van der Waals surface area contributed by atoms with E-state index in [0.29, 0.717) is 18.4 Å². The first-order valence-electron chi connectivity index (χ1n) is 9.02. The average molecular weight is 507 g/mol. The fraction of sp³-hybridized carbons (Fsp3) is 0.611. The molecule has 0 aromatic carbocycles. The zero-order chi connectivity index (χ0) is 19.0. The molecule has 0 radical (unpaired) electrons. The van der Waals surface area contributed by atoms with Crippen LogP contribution in [0.2, 0.25) is 0 Å². The van der Waals surface area contributed by atoms with E-state index in [4.69, 9.17) is 4.52 Å². The molecule has 7 nitrogen and oxygen atoms in total. The highest BCUT2D eigenvalue weighted by Gasteiger charge is 2.23. The van der Waals surface area contributed by atoms with Crippen LogP contribution in [0.15, 0.2) is 26.3 Å². The summed E-state index contributed by atoms with van der Waals surface area (Å²) in [5, 5.41) is 24.9. The molecule has 0 amide bonds. The van der Waals surface area contributed by atoms with Crippen molar-refractivity contribution in [3.8, 4) is 0 Å². The first-order valence-corrected chi connectivity index (χ1v) is 9.96. The van der Waals surface area contributed by atoms with Crippen molar-refractivity contribution in [3.63, 3.8) is 0 Å². The summed E-state index contributed by atoms with van der Waals surface area (Å²) in [4.78, 5) is 8.89. The molecule has 152 valence electrons. The van der Waals surface area contributed by atoms with E-state index in [0.717, 1.165) is 37.3 Å². The highest BCUT2D eigenvalue weighted by molar-refractivity contribution is 14.0. The number of aliphatic hydroxyl groups is 1. The Balaban J connectivity index is 0.00000364. The van der Waals surface area contributed by atoms with Gasteiger partial charge >= 0.3 is 0 Å². The number of aryl methyl sites for hydroxylation is 1. The van der Waals surface area contributed by atoms with Crippen LogP contribution in [0.3, 0.4) is 0 Å². The van der Waals surface area contributed by atoms with Crippen molar-refractivity contribution in [3.05, 3.63) is 34.1 Å². The number of guanidine groups is 1. The van der Waals surface area contributed by atoms with Crippen LogP contribution in [0.25, 0.3) is 0 Å². The minimum atomic E-state index is -0.973. The van der Waals surface area contributed by atoms with Crippen molar-refractivity contribution in [1.82, 2.24) is 20.8 Å². The Morgan fingerprint density at radius 3 is 2.78 bits per heavy atom. The van der Waals surface area contributed by atoms with E-state index in [1.807, 2.05) is 37.6 Å². The molecule has 0 aliphatic heterocycles. The Labute approximate surface area is 182 Å². The number of aromatic nitrogens is 2. The van der Waals surface area contributed by atoms with Crippen LogP contribution < -0.4 is 10.6 Å². The second-order valence-electron chi connectivity index (χ2n) is 6.71. The number of hydrogen-bond acceptors (Lipinski definition) is 6. The third kappa shape index (κ3) is 7.74. The lowest BCUT2D eigenvalue weighted by Gasteiger charge is -2.21. The molecule has 0 saturated heterocycles. The van der Waals surface area contributed by atoms with Gasteiger partial charge in [-0.2, -0.15) is 16.3 Å². The van der Waals surface area contributed by atoms with E-state index in [1.54, 1.807) is 18.3 Å². The molecule has 2 aromatic rings. The van der Waals surface area contributed by atoms with Crippen molar-refractivity contribution in [2.45, 2.75) is 52.1 Å². The molecule has 0 aliphatic carbocycles. The van der Waals surface area contributed by atoms with Crippen molar-refractivity contribution in [2.75, 3.05) is 19.6 Å². The minimum Gasteiger partial charge on any atom is -0.383 e. The van der Waals surface area contributed by atoms with Crippen LogP contribution >= 0.6 is 35.3 Å². The lowest BCUT2D eigenvalue weighted by molar-refractivity contribution is 0.0677. The monoisotopic (exact) mass is 507 g/mol. The van der Waals surface area contributed by atoms with Gasteiger partial charge in [-0.1, -0.05) is 19.0 Å². The lowest BCUT2D eigenvalue weighted by atomic mass is 10.00. The summed E-state index contributed by atoms with van der Waals surface area (Å²) in [7, 11) is 0. The van der Waals surface area contributed by atoms with Gasteiger partial charge in [0.05, 0.1) is 6.54 Å². The fourth-order valence-electron chi connectivity index (χ4n) is 2.29. The number of thiophene rings is 1. The standard InChI is InChI=1S/C18H29N5O2S.HI/c1-5-19-17(21-12-18(4,24)14-8-10-26-11-14)20-9-6-7-15-22-16(13(2)3)23-25-15;/h8,10-11,13,24H,5-7,9,12H2,1-4H3,(H2,19,20,21);1H. The fourth-order valence-corrected chi connectivity index (χ4v) is 3.07. The van der Waals surface area contributed by atoms with Gasteiger partial charge in [0, 0.05) is 25.4 Å². The van der Waals surface area contributed by atoms with Crippen LogP contribution in [-0.4, -0.2) is 40.8 Å². The van der Waals surface area contributed by atoms with Crippen LogP contribution in [-0.2, 0) is 12.0 Å². The van der Waals surface area contributed by atoms with Crippen molar-refractivity contribution < 1.29 is 9.63 Å². The molecule has 1 atom stereocenters. The Morgan fingerprint density at radius 2 is 2.19 bits per heavy atom. The van der Waals surface area contributed by atoms with Crippen LogP contribution in [0.4, 0.5) is 0 Å². The summed E-state index contributed by atoms with van der Waals surface area (Å²) < 4.78 is 5.25. The van der Waals surface area contributed by atoms with E-state index in [-0.39, 0.29) is 29.9 Å². The summed E-state index contributed by atoms with van der Waals surface area (Å²) >= 11 is 1.57. The first kappa shape index (κ1) is 23.8. The number of aliphatic imine (C=N–C) groups is 1. The maximum absolute atomic E-state index is 10.6. The molecule has 2 rings (SSSR count). The Kier molecular flexibility index (Phi) is 10.2. The van der Waals surface area contributed by atoms with Gasteiger partial charge in [-0.05, 0) is 42.7 Å². The SMILES string of the molecule is CCNC(=NCC(C)(O)c1ccsc1)NCCCc1nc(C(C)C)no1.I. The molecular weight excluding hydrogens is 477 g/mol. The van der Waals surface area contributed by atoms with E-state index in [1.165, 1.54) is 0 Å². The molecule has 0 saturated carbocycles. The number of rotatable bonds is 9. The van der Waals surface area contributed by atoms with E-state index >= 15 is 0 Å². The van der Waals surface area contributed by atoms with E-state index in [9.17, 15) is 5.11 Å². The summed E-state index contributed by atoms with van der Waals surface area (Å²) in [6.07, 6.45) is 1.57. The van der Waals surface area contributed by atoms with Gasteiger partial charge in [-0.15, -0.1) is 24.0 Å². The summed E-state index contributed by atoms with van der Waals surface area (Å²) in [5.41, 5.74) is -0.0845. The number of nitrogens with zero attached hydrogens (tertiary/aromatic N) is 3. The average Bonchev–Trinajstić information content (AvgIpc) is 3.28. The van der Waals surface area contributed by atoms with Gasteiger partial charge in [0.25, 0.3) is 0 Å². The molecule has 27 heavy (non-hydrogen) atoms. The molecule has 2 heterocycles. The van der Waals surface area contributed by atoms with Gasteiger partial charge in [-0.25, -0.2) is 4.99 Å². The molecular formula is C18H30IN5O2S. The lowest BCUT2D eigenvalue weighted by Crippen LogP contribution is -2.39. The Bertz CT molecular complexity index is 686. The van der Waals surface area contributed by atoms with Gasteiger partial charge in [0.2, 0.25) is 5.89 Å². The molecule has 0 spiro atoms. The van der Waals surface area contributed by atoms with Crippen LogP contribution in [0, 0.1) is 0 Å². The van der Waals surface area contributed by atoms with Gasteiger partial charge < -0.3 is 20.3 Å². The second kappa shape index (κ2) is 11.6. The highest BCUT2D eigenvalue weighted by Crippen LogP contribution is 2.23. The van der Waals surface area contributed by atoms with Crippen molar-refractivity contribution in [2.24, 2.45) is 4.99 Å². The normalized spacial score (nSPS) is 13.9. The predicted octanol–water partition coefficient (Wildman–Crippen LogP) is 3.27. The zero-order valence-electron chi connectivity index (χ0n) is 16.4. The Hall–Kier alpha value is -1.20. The quantitative estimate of drug-likeness (QED) is 0.209. The van der Waals surface area contributed by atoms with E-state index < -0.39 is 5.60 Å². The third-order valence-electron chi connectivity index (χ3n) is 3.89. The van der Waals surface area contributed by atoms with Crippen molar-refractivity contribution >= 4 is 41.3 Å². The molecule has 2 aromatic heterocycles. The van der Waals surface area contributed by atoms with Gasteiger partial charge in [0.15, 0.2) is 11.8 Å². The maximum Gasteiger partial charge on any atom is 0.226 e. The maximum atomic E-state index is 10.6. The van der Waals surface area contributed by atoms with Gasteiger partial charge in [-0.3, -0.25) is 0 Å². The molecule has 0 bridgehead atoms. The highest BCUT2D eigenvalue weighted by atomic mass is 127. The largest absolute Gasteiger partial charge is 0.383 e. The number of hydrogen-bond donors (Lipinski definition) is 3. The zero-order valence-corrected chi connectivity index (χ0v) is 19.5. The Morgan fingerprint density at radius 1 is 1.41 bits per heavy atom. The molecule has 3 N–H and O–H groups in total. The molecule has 0 fully saturated rings. The number of halogens is 1. The summed E-state index contributed by atoms with van der Waals surface area (Å²) in [5.74, 6) is 2.38. The van der Waals surface area contributed by atoms with Gasteiger partial charge in [0.1, 0.15) is 5.60 Å². The molecule has 0 aliphatic rings.